The van der Waals surface area contributed by atoms with Crippen LogP contribution in [0.4, 0.5) is 11.5 Å². The molecule has 1 aromatic carbocycles. The molecule has 0 aliphatic rings. The van der Waals surface area contributed by atoms with Gasteiger partial charge in [-0.3, -0.25) is 4.79 Å². The summed E-state index contributed by atoms with van der Waals surface area (Å²) < 4.78 is 4.76. The quantitative estimate of drug-likeness (QED) is 0.561. The van der Waals surface area contributed by atoms with Crippen LogP contribution in [0.5, 0.6) is 0 Å². The Kier molecular flexibility index (Phi) is 6.23. The molecule has 0 saturated heterocycles. The van der Waals surface area contributed by atoms with Crippen molar-refractivity contribution < 1.29 is 19.4 Å². The van der Waals surface area contributed by atoms with Crippen LogP contribution in [-0.4, -0.2) is 34.1 Å². The molecule has 2 N–H and O–H groups in total. The van der Waals surface area contributed by atoms with Gasteiger partial charge in [-0.05, 0) is 43.2 Å². The molecule has 7 nitrogen and oxygen atoms in total. The number of hydrogen-bond acceptors (Lipinski definition) is 7. The van der Waals surface area contributed by atoms with E-state index in [4.69, 9.17) is 9.84 Å². The largest absolute Gasteiger partial charge is 0.481 e. The van der Waals surface area contributed by atoms with E-state index in [9.17, 15) is 9.59 Å². The molecule has 2 heterocycles. The smallest absolute Gasteiger partial charge is 0.348 e. The summed E-state index contributed by atoms with van der Waals surface area (Å²) in [5.74, 6) is -0.0286. The molecule has 0 amide bonds. The van der Waals surface area contributed by atoms with Crippen molar-refractivity contribution in [1.82, 2.24) is 9.97 Å². The van der Waals surface area contributed by atoms with Gasteiger partial charge in [-0.25, -0.2) is 14.8 Å². The maximum absolute atomic E-state index is 11.7. The van der Waals surface area contributed by atoms with Crippen molar-refractivity contribution in [2.24, 2.45) is 0 Å². The first-order chi connectivity index (χ1) is 13.9. The highest BCUT2D eigenvalue weighted by atomic mass is 32.1. The van der Waals surface area contributed by atoms with Crippen LogP contribution in [-0.2, 0) is 22.4 Å². The number of nitrogens with one attached hydrogen (secondary N) is 1. The van der Waals surface area contributed by atoms with Crippen molar-refractivity contribution in [2.45, 2.75) is 26.7 Å². The number of carboxylic acid groups (broad SMARTS) is 1. The van der Waals surface area contributed by atoms with Gasteiger partial charge < -0.3 is 15.2 Å². The summed E-state index contributed by atoms with van der Waals surface area (Å²) in [7, 11) is 1.35. The van der Waals surface area contributed by atoms with Gasteiger partial charge in [0.1, 0.15) is 10.7 Å². The van der Waals surface area contributed by atoms with Crippen LogP contribution in [0.25, 0.3) is 10.7 Å². The highest BCUT2D eigenvalue weighted by molar-refractivity contribution is 7.17. The monoisotopic (exact) mass is 411 g/mol. The second kappa shape index (κ2) is 8.83. The summed E-state index contributed by atoms with van der Waals surface area (Å²) in [6.07, 6.45) is 0.738. The first kappa shape index (κ1) is 20.5. The lowest BCUT2D eigenvalue weighted by Crippen LogP contribution is -2.05. The van der Waals surface area contributed by atoms with Crippen LogP contribution in [0.1, 0.15) is 33.4 Å². The van der Waals surface area contributed by atoms with Crippen LogP contribution in [0, 0.1) is 6.92 Å². The molecule has 0 aliphatic carbocycles. The summed E-state index contributed by atoms with van der Waals surface area (Å²) in [6.45, 7) is 3.97. The molecule has 0 radical (unpaired) electrons. The number of aryl methyl sites for hydroxylation is 1. The van der Waals surface area contributed by atoms with Crippen LogP contribution in [0.2, 0.25) is 0 Å². The standard InChI is InChI=1S/C21H21N3O4S/c1-4-15-12(2)22-20(16-9-10-17(29-16)21(27)28-3)24-19(15)23-14-7-5-13(6-8-14)11-18(25)26/h5-10H,4,11H2,1-3H3,(H,25,26)(H,22,23,24). The third-order valence-electron chi connectivity index (χ3n) is 4.35. The summed E-state index contributed by atoms with van der Waals surface area (Å²) in [5, 5.41) is 12.2. The van der Waals surface area contributed by atoms with E-state index in [-0.39, 0.29) is 12.4 Å². The second-order valence-electron chi connectivity index (χ2n) is 6.36. The van der Waals surface area contributed by atoms with Gasteiger partial charge in [-0.2, -0.15) is 0 Å². The van der Waals surface area contributed by atoms with Gasteiger partial charge >= 0.3 is 11.9 Å². The van der Waals surface area contributed by atoms with Gasteiger partial charge in [0.15, 0.2) is 5.82 Å². The molecule has 2 aromatic heterocycles. The van der Waals surface area contributed by atoms with E-state index < -0.39 is 5.97 Å². The van der Waals surface area contributed by atoms with E-state index in [2.05, 4.69) is 15.3 Å². The third kappa shape index (κ3) is 4.78. The molecule has 0 bridgehead atoms. The van der Waals surface area contributed by atoms with Crippen molar-refractivity contribution in [3.63, 3.8) is 0 Å². The lowest BCUT2D eigenvalue weighted by atomic mass is 10.1. The molecular formula is C21H21N3O4S. The van der Waals surface area contributed by atoms with E-state index >= 15 is 0 Å². The topological polar surface area (TPSA) is 101 Å². The van der Waals surface area contributed by atoms with Crippen LogP contribution in [0.3, 0.4) is 0 Å². The minimum atomic E-state index is -0.864. The minimum Gasteiger partial charge on any atom is -0.481 e. The number of ether oxygens (including phenoxy) is 1. The molecule has 0 saturated carbocycles. The zero-order valence-electron chi connectivity index (χ0n) is 16.4. The van der Waals surface area contributed by atoms with Crippen molar-refractivity contribution >= 4 is 34.8 Å². The van der Waals surface area contributed by atoms with Crippen LogP contribution < -0.4 is 5.32 Å². The molecule has 150 valence electrons. The average Bonchev–Trinajstić information content (AvgIpc) is 3.18. The Balaban J connectivity index is 1.92. The predicted octanol–water partition coefficient (Wildman–Crippen LogP) is 4.23. The van der Waals surface area contributed by atoms with Gasteiger partial charge in [0.2, 0.25) is 0 Å². The minimum absolute atomic E-state index is 0.0157. The number of aliphatic carboxylic acids is 1. The molecular weight excluding hydrogens is 390 g/mol. The zero-order valence-corrected chi connectivity index (χ0v) is 17.2. The normalized spacial score (nSPS) is 10.6. The third-order valence-corrected chi connectivity index (χ3v) is 5.41. The van der Waals surface area contributed by atoms with Crippen LogP contribution in [0.15, 0.2) is 36.4 Å². The number of carbonyl (C=O) groups excluding carboxylic acids is 1. The molecule has 0 spiro atoms. The Hall–Kier alpha value is -3.26. The number of carboxylic acids is 1. The Morgan fingerprint density at radius 3 is 2.48 bits per heavy atom. The molecule has 29 heavy (non-hydrogen) atoms. The summed E-state index contributed by atoms with van der Waals surface area (Å²) in [6, 6.07) is 10.7. The number of methoxy groups -OCH3 is 1. The van der Waals surface area contributed by atoms with Crippen molar-refractivity contribution in [1.29, 1.82) is 0 Å². The van der Waals surface area contributed by atoms with E-state index in [0.29, 0.717) is 16.5 Å². The molecule has 3 rings (SSSR count). The fourth-order valence-corrected chi connectivity index (χ4v) is 3.78. The molecule has 0 atom stereocenters. The van der Waals surface area contributed by atoms with Crippen molar-refractivity contribution in [3.05, 3.63) is 58.1 Å². The maximum Gasteiger partial charge on any atom is 0.348 e. The number of rotatable bonds is 7. The lowest BCUT2D eigenvalue weighted by Gasteiger charge is -2.14. The first-order valence-corrected chi connectivity index (χ1v) is 9.86. The van der Waals surface area contributed by atoms with Gasteiger partial charge in [-0.1, -0.05) is 19.1 Å². The summed E-state index contributed by atoms with van der Waals surface area (Å²) in [4.78, 5) is 33.1. The average molecular weight is 411 g/mol. The van der Waals surface area contributed by atoms with Gasteiger partial charge in [-0.15, -0.1) is 11.3 Å². The number of thiophene rings is 1. The SMILES string of the molecule is CCc1c(C)nc(-c2ccc(C(=O)OC)s2)nc1Nc1ccc(CC(=O)O)cc1. The number of hydrogen-bond donors (Lipinski definition) is 2. The zero-order chi connectivity index (χ0) is 21.0. The summed E-state index contributed by atoms with van der Waals surface area (Å²) in [5.41, 5.74) is 3.38. The lowest BCUT2D eigenvalue weighted by molar-refractivity contribution is -0.136. The molecule has 0 fully saturated rings. The summed E-state index contributed by atoms with van der Waals surface area (Å²) >= 11 is 1.28. The van der Waals surface area contributed by atoms with Gasteiger partial charge in [0.05, 0.1) is 18.4 Å². The van der Waals surface area contributed by atoms with E-state index in [1.54, 1.807) is 18.2 Å². The van der Waals surface area contributed by atoms with Crippen molar-refractivity contribution in [2.75, 3.05) is 12.4 Å². The number of anilines is 2. The van der Waals surface area contributed by atoms with Gasteiger partial charge in [0, 0.05) is 16.9 Å². The fraction of sp³-hybridized carbons (Fsp3) is 0.238. The Labute approximate surface area is 172 Å². The van der Waals surface area contributed by atoms with E-state index in [1.807, 2.05) is 32.0 Å². The number of carbonyl (C=O) groups is 2. The van der Waals surface area contributed by atoms with Gasteiger partial charge in [0.25, 0.3) is 0 Å². The number of aromatic nitrogens is 2. The Morgan fingerprint density at radius 2 is 1.86 bits per heavy atom. The van der Waals surface area contributed by atoms with E-state index in [1.165, 1.54) is 18.4 Å². The first-order valence-electron chi connectivity index (χ1n) is 9.05. The van der Waals surface area contributed by atoms with E-state index in [0.717, 1.165) is 33.8 Å². The second-order valence-corrected chi connectivity index (χ2v) is 7.45. The fourth-order valence-electron chi connectivity index (χ4n) is 2.92. The Bertz CT molecular complexity index is 1040. The Morgan fingerprint density at radius 1 is 1.14 bits per heavy atom. The predicted molar refractivity (Wildman–Crippen MR) is 112 cm³/mol. The molecule has 0 unspecified atom stereocenters. The van der Waals surface area contributed by atoms with Crippen LogP contribution >= 0.6 is 11.3 Å². The molecule has 3 aromatic rings. The maximum atomic E-state index is 11.7. The highest BCUT2D eigenvalue weighted by Gasteiger charge is 2.16. The molecule has 0 aliphatic heterocycles. The highest BCUT2D eigenvalue weighted by Crippen LogP contribution is 2.30. The van der Waals surface area contributed by atoms with Crippen molar-refractivity contribution in [3.8, 4) is 10.7 Å². The number of nitrogens with zero attached hydrogens (tertiary/aromatic N) is 2. The number of benzene rings is 1. The number of esters is 1. The molecule has 8 heteroatoms.